The van der Waals surface area contributed by atoms with E-state index in [1.54, 1.807) is 0 Å². The first-order valence-corrected chi connectivity index (χ1v) is 7.61. The summed E-state index contributed by atoms with van der Waals surface area (Å²) in [6, 6.07) is 10.0. The molecule has 0 fully saturated rings. The zero-order chi connectivity index (χ0) is 15.3. The second kappa shape index (κ2) is 10.9. The minimum atomic E-state index is 0.0391. The maximum absolute atomic E-state index is 9.55. The molecular formula is C17H27N3O. The van der Waals surface area contributed by atoms with Crippen molar-refractivity contribution in [1.82, 2.24) is 10.6 Å². The fourth-order valence-corrected chi connectivity index (χ4v) is 1.98. The van der Waals surface area contributed by atoms with E-state index in [1.807, 2.05) is 50.3 Å². The van der Waals surface area contributed by atoms with E-state index in [9.17, 15) is 5.11 Å². The van der Waals surface area contributed by atoms with Gasteiger partial charge in [0.2, 0.25) is 0 Å². The molecule has 0 amide bonds. The maximum Gasteiger partial charge on any atom is 0.191 e. The monoisotopic (exact) mass is 289 g/mol. The van der Waals surface area contributed by atoms with Crippen LogP contribution in [-0.4, -0.2) is 37.3 Å². The van der Waals surface area contributed by atoms with Crippen molar-refractivity contribution in [3.05, 3.63) is 48.0 Å². The predicted octanol–water partition coefficient (Wildman–Crippen LogP) is 2.28. The Bertz CT molecular complexity index is 429. The summed E-state index contributed by atoms with van der Waals surface area (Å²) in [6.07, 6.45) is 5.14. The molecule has 1 aromatic rings. The number of nitrogens with zero attached hydrogens (tertiary/aromatic N) is 1. The molecule has 0 spiro atoms. The quantitative estimate of drug-likeness (QED) is 0.298. The van der Waals surface area contributed by atoms with Gasteiger partial charge in [-0.15, -0.1) is 0 Å². The van der Waals surface area contributed by atoms with Crippen LogP contribution in [0.4, 0.5) is 0 Å². The lowest BCUT2D eigenvalue weighted by Crippen LogP contribution is -2.38. The minimum Gasteiger partial charge on any atom is -0.396 e. The molecular weight excluding hydrogens is 262 g/mol. The lowest BCUT2D eigenvalue weighted by Gasteiger charge is -2.15. The summed E-state index contributed by atoms with van der Waals surface area (Å²) < 4.78 is 0. The Morgan fingerprint density at radius 2 is 2.05 bits per heavy atom. The highest BCUT2D eigenvalue weighted by atomic mass is 16.3. The molecule has 1 atom stereocenters. The molecule has 0 aliphatic rings. The average molecular weight is 289 g/mol. The molecule has 0 aliphatic heterocycles. The highest BCUT2D eigenvalue weighted by Gasteiger charge is 2.09. The Morgan fingerprint density at radius 1 is 1.29 bits per heavy atom. The number of aliphatic hydroxyl groups is 1. The maximum atomic E-state index is 9.55. The number of rotatable bonds is 8. The summed E-state index contributed by atoms with van der Waals surface area (Å²) in [5.74, 6) is 0.841. The van der Waals surface area contributed by atoms with E-state index >= 15 is 0 Å². The number of aliphatic hydroxyl groups excluding tert-OH is 1. The predicted molar refractivity (Wildman–Crippen MR) is 89.7 cm³/mol. The van der Waals surface area contributed by atoms with Crippen LogP contribution < -0.4 is 10.6 Å². The van der Waals surface area contributed by atoms with Crippen LogP contribution >= 0.6 is 0 Å². The number of benzene rings is 1. The van der Waals surface area contributed by atoms with Gasteiger partial charge in [-0.25, -0.2) is 0 Å². The van der Waals surface area contributed by atoms with Crippen LogP contribution in [0.15, 0.2) is 47.5 Å². The van der Waals surface area contributed by atoms with Crippen molar-refractivity contribution in [3.63, 3.8) is 0 Å². The van der Waals surface area contributed by atoms with E-state index in [1.165, 1.54) is 0 Å². The van der Waals surface area contributed by atoms with Crippen LogP contribution in [0.5, 0.6) is 0 Å². The van der Waals surface area contributed by atoms with Crippen LogP contribution in [-0.2, 0) is 0 Å². The van der Waals surface area contributed by atoms with Gasteiger partial charge < -0.3 is 15.7 Å². The molecule has 0 heterocycles. The Hall–Kier alpha value is -1.81. The Labute approximate surface area is 128 Å². The van der Waals surface area contributed by atoms with E-state index < -0.39 is 0 Å². The van der Waals surface area contributed by atoms with Gasteiger partial charge >= 0.3 is 0 Å². The van der Waals surface area contributed by atoms with Gasteiger partial charge in [0.05, 0.1) is 13.2 Å². The van der Waals surface area contributed by atoms with Crippen molar-refractivity contribution in [2.75, 3.05) is 26.2 Å². The first kappa shape index (κ1) is 17.2. The zero-order valence-electron chi connectivity index (χ0n) is 13.0. The third kappa shape index (κ3) is 6.95. The number of aliphatic imine (C=N–C) groups is 1. The second-order valence-corrected chi connectivity index (χ2v) is 4.79. The molecule has 1 unspecified atom stereocenters. The molecule has 0 saturated heterocycles. The molecule has 1 aromatic carbocycles. The van der Waals surface area contributed by atoms with Gasteiger partial charge in [-0.3, -0.25) is 4.99 Å². The molecule has 116 valence electrons. The molecule has 0 aliphatic carbocycles. The number of nitrogens with one attached hydrogen (secondary N) is 2. The van der Waals surface area contributed by atoms with Gasteiger partial charge in [-0.1, -0.05) is 42.5 Å². The standard InChI is InChI=1S/C17H27N3O/c1-3-5-9-12-19-17(18-4-2)20-13-16(14-21)15-10-7-6-8-11-15/h3,5-8,10-11,16,21H,4,9,12-14H2,1-2H3,(H2,18,19,20)/b5-3+. The molecule has 4 heteroatoms. The highest BCUT2D eigenvalue weighted by Crippen LogP contribution is 2.14. The van der Waals surface area contributed by atoms with Crippen LogP contribution in [0, 0.1) is 0 Å². The third-order valence-corrected chi connectivity index (χ3v) is 3.14. The van der Waals surface area contributed by atoms with Crippen LogP contribution in [0.2, 0.25) is 0 Å². The van der Waals surface area contributed by atoms with Gasteiger partial charge in [0.15, 0.2) is 5.96 Å². The molecule has 1 rings (SSSR count). The average Bonchev–Trinajstić information content (AvgIpc) is 2.53. The SMILES string of the molecule is C/C=C/CCNC(=NCC(CO)c1ccccc1)NCC. The fourth-order valence-electron chi connectivity index (χ4n) is 1.98. The lowest BCUT2D eigenvalue weighted by atomic mass is 10.0. The van der Waals surface area contributed by atoms with E-state index in [0.717, 1.165) is 31.0 Å². The van der Waals surface area contributed by atoms with Crippen molar-refractivity contribution in [2.45, 2.75) is 26.2 Å². The Kier molecular flexibility index (Phi) is 8.96. The van der Waals surface area contributed by atoms with Gasteiger partial charge in [0, 0.05) is 19.0 Å². The summed E-state index contributed by atoms with van der Waals surface area (Å²) in [6.45, 7) is 6.41. The molecule has 0 saturated carbocycles. The van der Waals surface area contributed by atoms with Crippen LogP contribution in [0.1, 0.15) is 31.7 Å². The minimum absolute atomic E-state index is 0.0391. The molecule has 0 radical (unpaired) electrons. The molecule has 0 bridgehead atoms. The van der Waals surface area contributed by atoms with Crippen molar-refractivity contribution in [1.29, 1.82) is 0 Å². The lowest BCUT2D eigenvalue weighted by molar-refractivity contribution is 0.268. The summed E-state index contributed by atoms with van der Waals surface area (Å²) >= 11 is 0. The van der Waals surface area contributed by atoms with Gasteiger partial charge in [0.1, 0.15) is 0 Å². The molecule has 3 N–H and O–H groups in total. The normalized spacial score (nSPS) is 13.4. The summed E-state index contributed by atoms with van der Waals surface area (Å²) in [4.78, 5) is 4.57. The first-order chi connectivity index (χ1) is 10.3. The van der Waals surface area contributed by atoms with E-state index in [0.29, 0.717) is 6.54 Å². The largest absolute Gasteiger partial charge is 0.396 e. The van der Waals surface area contributed by atoms with E-state index in [4.69, 9.17) is 0 Å². The molecule has 0 aromatic heterocycles. The van der Waals surface area contributed by atoms with E-state index in [-0.39, 0.29) is 12.5 Å². The van der Waals surface area contributed by atoms with Crippen molar-refractivity contribution in [3.8, 4) is 0 Å². The fraction of sp³-hybridized carbons (Fsp3) is 0.471. The van der Waals surface area contributed by atoms with Crippen molar-refractivity contribution >= 4 is 5.96 Å². The third-order valence-electron chi connectivity index (χ3n) is 3.14. The van der Waals surface area contributed by atoms with E-state index in [2.05, 4.69) is 21.7 Å². The molecule has 4 nitrogen and oxygen atoms in total. The highest BCUT2D eigenvalue weighted by molar-refractivity contribution is 5.79. The number of allylic oxidation sites excluding steroid dienone is 1. The summed E-state index contributed by atoms with van der Waals surface area (Å²) in [5.41, 5.74) is 1.12. The zero-order valence-corrected chi connectivity index (χ0v) is 13.0. The topological polar surface area (TPSA) is 56.7 Å². The van der Waals surface area contributed by atoms with Crippen LogP contribution in [0.25, 0.3) is 0 Å². The number of hydrogen-bond donors (Lipinski definition) is 3. The number of guanidine groups is 1. The van der Waals surface area contributed by atoms with Gasteiger partial charge in [-0.2, -0.15) is 0 Å². The number of hydrogen-bond acceptors (Lipinski definition) is 2. The molecule has 21 heavy (non-hydrogen) atoms. The summed E-state index contributed by atoms with van der Waals surface area (Å²) in [5, 5.41) is 16.1. The second-order valence-electron chi connectivity index (χ2n) is 4.79. The van der Waals surface area contributed by atoms with Crippen LogP contribution in [0.3, 0.4) is 0 Å². The Morgan fingerprint density at radius 3 is 2.67 bits per heavy atom. The van der Waals surface area contributed by atoms with Crippen molar-refractivity contribution in [2.24, 2.45) is 4.99 Å². The van der Waals surface area contributed by atoms with Crippen molar-refractivity contribution < 1.29 is 5.11 Å². The first-order valence-electron chi connectivity index (χ1n) is 7.61. The smallest absolute Gasteiger partial charge is 0.191 e. The summed E-state index contributed by atoms with van der Waals surface area (Å²) in [7, 11) is 0. The van der Waals surface area contributed by atoms with Gasteiger partial charge in [-0.05, 0) is 25.8 Å². The van der Waals surface area contributed by atoms with Gasteiger partial charge in [0.25, 0.3) is 0 Å². The Balaban J connectivity index is 2.58.